The van der Waals surface area contributed by atoms with Crippen molar-refractivity contribution in [3.8, 4) is 5.82 Å². The van der Waals surface area contributed by atoms with Gasteiger partial charge >= 0.3 is 0 Å². The molecular weight excluding hydrogens is 292 g/mol. The first-order valence-electron chi connectivity index (χ1n) is 5.98. The highest BCUT2D eigenvalue weighted by molar-refractivity contribution is 6.30. The molecule has 3 rings (SSSR count). The molecule has 0 radical (unpaired) electrons. The van der Waals surface area contributed by atoms with E-state index in [1.807, 2.05) is 0 Å². The van der Waals surface area contributed by atoms with Gasteiger partial charge in [0.1, 0.15) is 12.7 Å². The van der Waals surface area contributed by atoms with E-state index in [0.717, 1.165) is 0 Å². The molecule has 0 bridgehead atoms. The molecule has 0 saturated heterocycles. The van der Waals surface area contributed by atoms with Gasteiger partial charge in [-0.05, 0) is 30.3 Å². The summed E-state index contributed by atoms with van der Waals surface area (Å²) in [6, 6.07) is 10.1. The number of nitrogens with zero attached hydrogens (tertiary/aromatic N) is 5. The number of carbonyl (C=O) groups is 1. The van der Waals surface area contributed by atoms with Gasteiger partial charge in [0.2, 0.25) is 0 Å². The van der Waals surface area contributed by atoms with Crippen molar-refractivity contribution in [1.29, 1.82) is 0 Å². The second-order valence-corrected chi connectivity index (χ2v) is 4.52. The van der Waals surface area contributed by atoms with Crippen molar-refractivity contribution in [3.05, 3.63) is 59.8 Å². The smallest absolute Gasteiger partial charge is 0.276 e. The van der Waals surface area contributed by atoms with Crippen LogP contribution in [0.4, 0.5) is 5.69 Å². The second kappa shape index (κ2) is 5.68. The van der Waals surface area contributed by atoms with Gasteiger partial charge in [-0.1, -0.05) is 17.7 Å². The second-order valence-electron chi connectivity index (χ2n) is 4.08. The summed E-state index contributed by atoms with van der Waals surface area (Å²) in [4.78, 5) is 15.8. The van der Waals surface area contributed by atoms with E-state index in [4.69, 9.17) is 11.6 Å². The van der Waals surface area contributed by atoms with Gasteiger partial charge in [0.05, 0.1) is 0 Å². The van der Waals surface area contributed by atoms with Crippen LogP contribution in [0.1, 0.15) is 10.5 Å². The minimum Gasteiger partial charge on any atom is -0.321 e. The Morgan fingerprint density at radius 1 is 1.19 bits per heavy atom. The van der Waals surface area contributed by atoms with Gasteiger partial charge in [0.15, 0.2) is 11.5 Å². The van der Waals surface area contributed by atoms with E-state index in [9.17, 15) is 4.79 Å². The van der Waals surface area contributed by atoms with Gasteiger partial charge in [-0.3, -0.25) is 4.79 Å². The van der Waals surface area contributed by atoms with Crippen LogP contribution in [0.2, 0.25) is 5.02 Å². The van der Waals surface area contributed by atoms with Gasteiger partial charge in [-0.15, -0.1) is 10.2 Å². The number of hydrogen-bond acceptors (Lipinski definition) is 5. The lowest BCUT2D eigenvalue weighted by molar-refractivity contribution is 0.102. The van der Waals surface area contributed by atoms with Crippen LogP contribution in [0, 0.1) is 0 Å². The van der Waals surface area contributed by atoms with Crippen molar-refractivity contribution in [3.63, 3.8) is 0 Å². The lowest BCUT2D eigenvalue weighted by Crippen LogP contribution is -2.15. The van der Waals surface area contributed by atoms with Gasteiger partial charge in [-0.25, -0.2) is 9.67 Å². The molecule has 3 aromatic rings. The number of carbonyl (C=O) groups excluding carboxylic acids is 1. The van der Waals surface area contributed by atoms with Crippen LogP contribution in [0.5, 0.6) is 0 Å². The summed E-state index contributed by atoms with van der Waals surface area (Å²) in [6.07, 6.45) is 2.89. The quantitative estimate of drug-likeness (QED) is 0.799. The number of benzene rings is 1. The lowest BCUT2D eigenvalue weighted by Gasteiger charge is -2.05. The molecule has 0 aliphatic rings. The largest absolute Gasteiger partial charge is 0.321 e. The fraction of sp³-hybridized carbons (Fsp3) is 0. The number of rotatable bonds is 3. The van der Waals surface area contributed by atoms with E-state index in [-0.39, 0.29) is 11.6 Å². The third kappa shape index (κ3) is 3.03. The molecule has 2 heterocycles. The zero-order valence-corrected chi connectivity index (χ0v) is 11.4. The van der Waals surface area contributed by atoms with Crippen LogP contribution in [0.25, 0.3) is 5.82 Å². The highest BCUT2D eigenvalue weighted by Crippen LogP contribution is 2.15. The average molecular weight is 301 g/mol. The molecule has 104 valence electrons. The van der Waals surface area contributed by atoms with E-state index in [1.54, 1.807) is 36.4 Å². The first-order valence-corrected chi connectivity index (χ1v) is 6.36. The Balaban J connectivity index is 1.76. The molecule has 7 nitrogen and oxygen atoms in total. The molecule has 0 aliphatic heterocycles. The monoisotopic (exact) mass is 300 g/mol. The molecule has 1 N–H and O–H groups in total. The Morgan fingerprint density at radius 3 is 2.76 bits per heavy atom. The Hall–Kier alpha value is -2.80. The summed E-state index contributed by atoms with van der Waals surface area (Å²) in [7, 11) is 0. The van der Waals surface area contributed by atoms with Gasteiger partial charge in [0.25, 0.3) is 5.91 Å². The SMILES string of the molecule is O=C(Nc1cccc(Cl)c1)c1ccc(-n2cncn2)nn1. The molecule has 0 spiro atoms. The summed E-state index contributed by atoms with van der Waals surface area (Å²) in [6.45, 7) is 0. The van der Waals surface area contributed by atoms with Gasteiger partial charge in [0, 0.05) is 10.7 Å². The molecule has 1 amide bonds. The molecule has 0 fully saturated rings. The zero-order chi connectivity index (χ0) is 14.7. The summed E-state index contributed by atoms with van der Waals surface area (Å²) in [5.74, 6) is 0.113. The number of nitrogens with one attached hydrogen (secondary N) is 1. The Labute approximate surface area is 124 Å². The first-order chi connectivity index (χ1) is 10.2. The fourth-order valence-corrected chi connectivity index (χ4v) is 1.85. The normalized spacial score (nSPS) is 10.3. The molecule has 8 heteroatoms. The van der Waals surface area contributed by atoms with Crippen LogP contribution in [-0.4, -0.2) is 30.9 Å². The minimum atomic E-state index is -0.366. The summed E-state index contributed by atoms with van der Waals surface area (Å²) >= 11 is 5.86. The minimum absolute atomic E-state index is 0.193. The standard InChI is InChI=1S/C13H9ClN6O/c14-9-2-1-3-10(6-9)17-13(21)11-4-5-12(19-18-11)20-8-15-7-16-20/h1-8H,(H,17,21). The van der Waals surface area contributed by atoms with Crippen molar-refractivity contribution >= 4 is 23.2 Å². The molecule has 1 aromatic carbocycles. The highest BCUT2D eigenvalue weighted by Gasteiger charge is 2.09. The molecule has 0 saturated carbocycles. The van der Waals surface area contributed by atoms with Gasteiger partial charge in [-0.2, -0.15) is 5.10 Å². The molecule has 0 aliphatic carbocycles. The summed E-state index contributed by atoms with van der Waals surface area (Å²) in [5.41, 5.74) is 0.786. The number of aromatic nitrogens is 5. The van der Waals surface area contributed by atoms with Crippen molar-refractivity contribution in [2.45, 2.75) is 0 Å². The van der Waals surface area contributed by atoms with Crippen molar-refractivity contribution < 1.29 is 4.79 Å². The van der Waals surface area contributed by atoms with Crippen LogP contribution in [0.3, 0.4) is 0 Å². The van der Waals surface area contributed by atoms with Gasteiger partial charge < -0.3 is 5.32 Å². The van der Waals surface area contributed by atoms with E-state index in [0.29, 0.717) is 16.5 Å². The molecular formula is C13H9ClN6O. The maximum absolute atomic E-state index is 12.0. The first kappa shape index (κ1) is 13.2. The van der Waals surface area contributed by atoms with Crippen LogP contribution >= 0.6 is 11.6 Å². The number of hydrogen-bond donors (Lipinski definition) is 1. The Kier molecular flexibility index (Phi) is 3.57. The molecule has 21 heavy (non-hydrogen) atoms. The van der Waals surface area contributed by atoms with E-state index < -0.39 is 0 Å². The summed E-state index contributed by atoms with van der Waals surface area (Å²) in [5, 5.41) is 15.0. The topological polar surface area (TPSA) is 85.6 Å². The van der Waals surface area contributed by atoms with Crippen LogP contribution in [-0.2, 0) is 0 Å². The Morgan fingerprint density at radius 2 is 2.10 bits per heavy atom. The zero-order valence-electron chi connectivity index (χ0n) is 10.6. The van der Waals surface area contributed by atoms with Crippen molar-refractivity contribution in [2.24, 2.45) is 0 Å². The van der Waals surface area contributed by atoms with Crippen LogP contribution in [0.15, 0.2) is 49.1 Å². The third-order valence-electron chi connectivity index (χ3n) is 2.62. The highest BCUT2D eigenvalue weighted by atomic mass is 35.5. The maximum Gasteiger partial charge on any atom is 0.276 e. The third-order valence-corrected chi connectivity index (χ3v) is 2.85. The lowest BCUT2D eigenvalue weighted by atomic mass is 10.3. The Bertz CT molecular complexity index is 757. The average Bonchev–Trinajstić information content (AvgIpc) is 3.01. The number of halogens is 1. The molecule has 0 atom stereocenters. The van der Waals surface area contributed by atoms with Crippen molar-refractivity contribution in [2.75, 3.05) is 5.32 Å². The molecule has 2 aromatic heterocycles. The maximum atomic E-state index is 12.0. The van der Waals surface area contributed by atoms with E-state index in [2.05, 4.69) is 25.6 Å². The predicted octanol–water partition coefficient (Wildman–Crippen LogP) is 1.96. The number of amides is 1. The molecule has 0 unspecified atom stereocenters. The van der Waals surface area contributed by atoms with E-state index in [1.165, 1.54) is 17.3 Å². The number of anilines is 1. The fourth-order valence-electron chi connectivity index (χ4n) is 1.66. The van der Waals surface area contributed by atoms with Crippen LogP contribution < -0.4 is 5.32 Å². The van der Waals surface area contributed by atoms with E-state index >= 15 is 0 Å². The summed E-state index contributed by atoms with van der Waals surface area (Å²) < 4.78 is 1.45. The van der Waals surface area contributed by atoms with Crippen molar-refractivity contribution in [1.82, 2.24) is 25.0 Å². The predicted molar refractivity (Wildman–Crippen MR) is 76.4 cm³/mol.